The molecule has 0 aromatic rings. The van der Waals surface area contributed by atoms with Gasteiger partial charge in [-0.15, -0.1) is 0 Å². The third-order valence-electron chi connectivity index (χ3n) is 2.83. The van der Waals surface area contributed by atoms with Crippen LogP contribution in [0, 0.1) is 5.41 Å². The number of aliphatic hydroxyl groups excluding tert-OH is 1. The van der Waals surface area contributed by atoms with Crippen molar-refractivity contribution in [3.05, 3.63) is 0 Å². The third kappa shape index (κ3) is 1.97. The van der Waals surface area contributed by atoms with Crippen molar-refractivity contribution in [2.75, 3.05) is 32.8 Å². The lowest BCUT2D eigenvalue weighted by atomic mass is 9.88. The van der Waals surface area contributed by atoms with Gasteiger partial charge in [-0.2, -0.15) is 0 Å². The first-order valence-corrected chi connectivity index (χ1v) is 4.79. The minimum Gasteiger partial charge on any atom is -0.396 e. The Morgan fingerprint density at radius 2 is 2.33 bits per heavy atom. The third-order valence-corrected chi connectivity index (χ3v) is 2.83. The number of rotatable bonds is 4. The van der Waals surface area contributed by atoms with E-state index in [0.29, 0.717) is 6.54 Å². The van der Waals surface area contributed by atoms with E-state index in [1.165, 1.54) is 6.42 Å². The predicted molar refractivity (Wildman–Crippen MR) is 49.9 cm³/mol. The zero-order valence-corrected chi connectivity index (χ0v) is 7.92. The van der Waals surface area contributed by atoms with Gasteiger partial charge in [0.2, 0.25) is 0 Å². The lowest BCUT2D eigenvalue weighted by molar-refractivity contribution is 0.135. The van der Waals surface area contributed by atoms with Crippen molar-refractivity contribution >= 4 is 0 Å². The van der Waals surface area contributed by atoms with Gasteiger partial charge in [-0.3, -0.25) is 0 Å². The van der Waals surface area contributed by atoms with E-state index in [4.69, 9.17) is 5.73 Å². The van der Waals surface area contributed by atoms with Crippen LogP contribution in [0.25, 0.3) is 0 Å². The van der Waals surface area contributed by atoms with Gasteiger partial charge in [-0.25, -0.2) is 0 Å². The average molecular weight is 172 g/mol. The van der Waals surface area contributed by atoms with Crippen LogP contribution in [0.2, 0.25) is 0 Å². The number of hydrogen-bond acceptors (Lipinski definition) is 3. The van der Waals surface area contributed by atoms with E-state index in [1.807, 2.05) is 0 Å². The molecule has 1 saturated heterocycles. The van der Waals surface area contributed by atoms with Crippen molar-refractivity contribution in [3.63, 3.8) is 0 Å². The molecule has 1 atom stereocenters. The van der Waals surface area contributed by atoms with Crippen LogP contribution >= 0.6 is 0 Å². The Balaban J connectivity index is 2.41. The van der Waals surface area contributed by atoms with Crippen LogP contribution in [0.4, 0.5) is 0 Å². The summed E-state index contributed by atoms with van der Waals surface area (Å²) < 4.78 is 0. The summed E-state index contributed by atoms with van der Waals surface area (Å²) in [5.74, 6) is 0. The number of nitrogens with two attached hydrogens (primary N) is 1. The molecule has 12 heavy (non-hydrogen) atoms. The molecule has 1 unspecified atom stereocenters. The van der Waals surface area contributed by atoms with Gasteiger partial charge in [0.1, 0.15) is 0 Å². The van der Waals surface area contributed by atoms with Crippen LogP contribution in [0.1, 0.15) is 19.8 Å². The maximum Gasteiger partial charge on any atom is 0.0512 e. The Bertz CT molecular complexity index is 134. The monoisotopic (exact) mass is 172 g/mol. The summed E-state index contributed by atoms with van der Waals surface area (Å²) in [5, 5.41) is 9.20. The molecule has 0 bridgehead atoms. The van der Waals surface area contributed by atoms with E-state index in [9.17, 15) is 5.11 Å². The van der Waals surface area contributed by atoms with Crippen molar-refractivity contribution in [3.8, 4) is 0 Å². The maximum atomic E-state index is 9.20. The van der Waals surface area contributed by atoms with Crippen LogP contribution in [-0.4, -0.2) is 42.8 Å². The fraction of sp³-hybridized carbons (Fsp3) is 1.00. The second-order valence-electron chi connectivity index (χ2n) is 3.89. The lowest BCUT2D eigenvalue weighted by Gasteiger charge is -2.24. The van der Waals surface area contributed by atoms with Gasteiger partial charge in [-0.1, -0.05) is 6.92 Å². The van der Waals surface area contributed by atoms with Gasteiger partial charge in [0.25, 0.3) is 0 Å². The molecule has 3 heteroatoms. The predicted octanol–water partition coefficient (Wildman–Crippen LogP) is 0.0395. The summed E-state index contributed by atoms with van der Waals surface area (Å²) in [6.07, 6.45) is 2.24. The number of nitrogens with zero attached hydrogens (tertiary/aromatic N) is 1. The van der Waals surface area contributed by atoms with Crippen LogP contribution in [0.15, 0.2) is 0 Å². The molecule has 0 aromatic heterocycles. The summed E-state index contributed by atoms with van der Waals surface area (Å²) in [5.41, 5.74) is 5.66. The minimum atomic E-state index is 0.00910. The van der Waals surface area contributed by atoms with E-state index < -0.39 is 0 Å². The molecular formula is C9H20N2O. The van der Waals surface area contributed by atoms with Crippen molar-refractivity contribution < 1.29 is 5.11 Å². The quantitative estimate of drug-likeness (QED) is 0.629. The molecule has 1 fully saturated rings. The highest BCUT2D eigenvalue weighted by Crippen LogP contribution is 2.28. The first kappa shape index (κ1) is 9.96. The first-order chi connectivity index (χ1) is 5.76. The average Bonchev–Trinajstić information content (AvgIpc) is 2.50. The van der Waals surface area contributed by atoms with E-state index >= 15 is 0 Å². The SMILES string of the molecule is CCCN1CCC(CN)(CO)C1. The van der Waals surface area contributed by atoms with Crippen LogP contribution in [0.3, 0.4) is 0 Å². The van der Waals surface area contributed by atoms with Crippen molar-refractivity contribution in [1.29, 1.82) is 0 Å². The van der Waals surface area contributed by atoms with E-state index in [1.54, 1.807) is 0 Å². The van der Waals surface area contributed by atoms with Gasteiger partial charge in [-0.05, 0) is 25.9 Å². The van der Waals surface area contributed by atoms with Crippen LogP contribution in [-0.2, 0) is 0 Å². The standard InChI is InChI=1S/C9H20N2O/c1-2-4-11-5-3-9(6-10,7-11)8-12/h12H,2-8,10H2,1H3. The van der Waals surface area contributed by atoms with Gasteiger partial charge in [0, 0.05) is 18.5 Å². The van der Waals surface area contributed by atoms with E-state index in [-0.39, 0.29) is 12.0 Å². The zero-order chi connectivity index (χ0) is 9.03. The minimum absolute atomic E-state index is 0.00910. The molecule has 0 spiro atoms. The van der Waals surface area contributed by atoms with Gasteiger partial charge in [0.15, 0.2) is 0 Å². The van der Waals surface area contributed by atoms with Gasteiger partial charge < -0.3 is 15.7 Å². The second-order valence-corrected chi connectivity index (χ2v) is 3.89. The molecule has 1 rings (SSSR count). The summed E-state index contributed by atoms with van der Waals surface area (Å²) >= 11 is 0. The van der Waals surface area contributed by atoms with Gasteiger partial charge >= 0.3 is 0 Å². The molecule has 0 aromatic carbocycles. The smallest absolute Gasteiger partial charge is 0.0512 e. The number of hydrogen-bond donors (Lipinski definition) is 2. The highest BCUT2D eigenvalue weighted by atomic mass is 16.3. The number of aliphatic hydroxyl groups is 1. The highest BCUT2D eigenvalue weighted by molar-refractivity contribution is 4.89. The summed E-state index contributed by atoms with van der Waals surface area (Å²) in [6.45, 7) is 6.26. The Morgan fingerprint density at radius 3 is 2.75 bits per heavy atom. The van der Waals surface area contributed by atoms with Crippen molar-refractivity contribution in [2.24, 2.45) is 11.1 Å². The highest BCUT2D eigenvalue weighted by Gasteiger charge is 2.35. The summed E-state index contributed by atoms with van der Waals surface area (Å²) in [4.78, 5) is 2.39. The lowest BCUT2D eigenvalue weighted by Crippen LogP contribution is -2.37. The van der Waals surface area contributed by atoms with Crippen molar-refractivity contribution in [2.45, 2.75) is 19.8 Å². The Labute approximate surface area is 74.5 Å². The molecule has 3 nitrogen and oxygen atoms in total. The topological polar surface area (TPSA) is 49.5 Å². The fourth-order valence-corrected chi connectivity index (χ4v) is 1.90. The number of likely N-dealkylation sites (tertiary alicyclic amines) is 1. The molecule has 0 aliphatic carbocycles. The molecule has 0 radical (unpaired) electrons. The molecule has 1 heterocycles. The van der Waals surface area contributed by atoms with Crippen LogP contribution in [0.5, 0.6) is 0 Å². The molecule has 1 aliphatic rings. The first-order valence-electron chi connectivity index (χ1n) is 4.79. The fourth-order valence-electron chi connectivity index (χ4n) is 1.90. The largest absolute Gasteiger partial charge is 0.396 e. The Hall–Kier alpha value is -0.120. The van der Waals surface area contributed by atoms with Crippen LogP contribution < -0.4 is 5.73 Å². The molecule has 72 valence electrons. The summed E-state index contributed by atoms with van der Waals surface area (Å²) in [6, 6.07) is 0. The Morgan fingerprint density at radius 1 is 1.58 bits per heavy atom. The molecule has 0 amide bonds. The molecule has 0 saturated carbocycles. The molecule has 3 N–H and O–H groups in total. The molecule has 1 aliphatic heterocycles. The Kier molecular flexibility index (Phi) is 3.50. The second kappa shape index (κ2) is 4.21. The van der Waals surface area contributed by atoms with E-state index in [2.05, 4.69) is 11.8 Å². The maximum absolute atomic E-state index is 9.20. The van der Waals surface area contributed by atoms with Gasteiger partial charge in [0.05, 0.1) is 6.61 Å². The zero-order valence-electron chi connectivity index (χ0n) is 7.92. The summed E-state index contributed by atoms with van der Waals surface area (Å²) in [7, 11) is 0. The van der Waals surface area contributed by atoms with Crippen molar-refractivity contribution in [1.82, 2.24) is 4.90 Å². The molecular weight excluding hydrogens is 152 g/mol. The van der Waals surface area contributed by atoms with E-state index in [0.717, 1.165) is 26.1 Å². The normalized spacial score (nSPS) is 31.2.